The van der Waals surface area contributed by atoms with Crippen LogP contribution in [-0.2, 0) is 0 Å². The molecule has 0 radical (unpaired) electrons. The lowest BCUT2D eigenvalue weighted by molar-refractivity contribution is 0.0652. The van der Waals surface area contributed by atoms with Crippen molar-refractivity contribution in [2.75, 3.05) is 0 Å². The molecular weight excluding hydrogens is 240 g/mol. The van der Waals surface area contributed by atoms with Gasteiger partial charge in [0.1, 0.15) is 0 Å². The molecule has 3 saturated carbocycles. The Morgan fingerprint density at radius 2 is 1.15 bits per heavy atom. The maximum absolute atomic E-state index is 3.77. The van der Waals surface area contributed by atoms with Crippen LogP contribution in [-0.4, -0.2) is 0 Å². The molecule has 0 aliphatic heterocycles. The van der Waals surface area contributed by atoms with Crippen molar-refractivity contribution in [3.63, 3.8) is 0 Å². The van der Waals surface area contributed by atoms with Gasteiger partial charge in [-0.3, -0.25) is 0 Å². The van der Waals surface area contributed by atoms with Gasteiger partial charge in [-0.05, 0) is 55.8 Å². The quantitative estimate of drug-likeness (QED) is 0.558. The zero-order valence-corrected chi connectivity index (χ0v) is 12.9. The minimum Gasteiger partial charge on any atom is -0.0993 e. The Kier molecular flexibility index (Phi) is 3.80. The van der Waals surface area contributed by atoms with E-state index in [-0.39, 0.29) is 0 Å². The second-order valence-corrected chi connectivity index (χ2v) is 8.09. The molecule has 0 saturated heterocycles. The van der Waals surface area contributed by atoms with Gasteiger partial charge in [-0.1, -0.05) is 56.8 Å². The van der Waals surface area contributed by atoms with Crippen molar-refractivity contribution in [3.05, 3.63) is 0 Å². The second-order valence-electron chi connectivity index (χ2n) is 8.09. The molecule has 6 atom stereocenters. The van der Waals surface area contributed by atoms with Crippen molar-refractivity contribution in [1.29, 1.82) is 0 Å². The van der Waals surface area contributed by atoms with E-state index >= 15 is 0 Å². The average molecular weight is 270 g/mol. The van der Waals surface area contributed by atoms with Gasteiger partial charge in [-0.15, -0.1) is 0 Å². The molecule has 0 aromatic heterocycles. The highest BCUT2D eigenvalue weighted by molar-refractivity contribution is 5.16. The highest BCUT2D eigenvalue weighted by Gasteiger charge is 2.40. The lowest BCUT2D eigenvalue weighted by atomic mass is 9.59. The first kappa shape index (κ1) is 13.2. The summed E-state index contributed by atoms with van der Waals surface area (Å²) in [5, 5.41) is 0. The summed E-state index contributed by atoms with van der Waals surface area (Å²) in [6, 6.07) is 0. The molecule has 0 aromatic carbocycles. The molecule has 0 bridgehead atoms. The van der Waals surface area contributed by atoms with E-state index in [2.05, 4.69) is 11.8 Å². The van der Waals surface area contributed by atoms with Crippen LogP contribution in [0.25, 0.3) is 0 Å². The van der Waals surface area contributed by atoms with E-state index in [0.717, 1.165) is 35.5 Å². The van der Waals surface area contributed by atoms with Gasteiger partial charge in [0.15, 0.2) is 0 Å². The molecule has 0 nitrogen and oxygen atoms in total. The first-order chi connectivity index (χ1) is 9.92. The highest BCUT2D eigenvalue weighted by Crippen LogP contribution is 2.49. The van der Waals surface area contributed by atoms with Crippen LogP contribution in [0.1, 0.15) is 77.0 Å². The number of rotatable bonds is 1. The molecule has 0 heteroatoms. The minimum absolute atomic E-state index is 0.778. The Morgan fingerprint density at radius 1 is 0.500 bits per heavy atom. The van der Waals surface area contributed by atoms with E-state index in [9.17, 15) is 0 Å². The Hall–Kier alpha value is -0.440. The Labute approximate surface area is 125 Å². The highest BCUT2D eigenvalue weighted by atomic mass is 14.4. The molecule has 0 N–H and O–H groups in total. The molecule has 3 fully saturated rings. The van der Waals surface area contributed by atoms with Crippen LogP contribution in [0.15, 0.2) is 0 Å². The second kappa shape index (κ2) is 5.75. The summed E-state index contributed by atoms with van der Waals surface area (Å²) in [6.07, 6.45) is 17.9. The summed E-state index contributed by atoms with van der Waals surface area (Å²) in [6.45, 7) is 0. The SMILES string of the molecule is C1#CC(C2CCCC3CCCCC32)CC2CCCCC12. The lowest BCUT2D eigenvalue weighted by Gasteiger charge is -2.45. The molecule has 4 aliphatic rings. The number of fused-ring (bicyclic) bond motifs is 2. The predicted octanol–water partition coefficient (Wildman–Crippen LogP) is 5.42. The normalized spacial score (nSPS) is 47.6. The van der Waals surface area contributed by atoms with Gasteiger partial charge in [-0.25, -0.2) is 0 Å². The van der Waals surface area contributed by atoms with Crippen molar-refractivity contribution in [1.82, 2.24) is 0 Å². The molecule has 0 spiro atoms. The summed E-state index contributed by atoms with van der Waals surface area (Å²) in [4.78, 5) is 0. The third-order valence-corrected chi connectivity index (χ3v) is 7.07. The molecule has 20 heavy (non-hydrogen) atoms. The topological polar surface area (TPSA) is 0 Å². The standard InChI is InChI=1S/C20H30/c1-2-8-17-14-18(13-12-15(17)6-1)20-11-5-9-16-7-3-4-10-19(16)20/h15-20H,1-11,14H2. The van der Waals surface area contributed by atoms with E-state index in [4.69, 9.17) is 0 Å². The zero-order chi connectivity index (χ0) is 13.4. The predicted molar refractivity (Wildman–Crippen MR) is 84.1 cm³/mol. The van der Waals surface area contributed by atoms with Gasteiger partial charge in [0.05, 0.1) is 0 Å². The fourth-order valence-corrected chi connectivity index (χ4v) is 6.05. The van der Waals surface area contributed by atoms with Crippen molar-refractivity contribution < 1.29 is 0 Å². The number of hydrogen-bond acceptors (Lipinski definition) is 0. The Morgan fingerprint density at radius 3 is 2.10 bits per heavy atom. The first-order valence-corrected chi connectivity index (χ1v) is 9.43. The largest absolute Gasteiger partial charge is 0.0993 e. The van der Waals surface area contributed by atoms with Gasteiger partial charge in [0, 0.05) is 11.8 Å². The fourth-order valence-electron chi connectivity index (χ4n) is 6.05. The average Bonchev–Trinajstić information content (AvgIpc) is 2.54. The van der Waals surface area contributed by atoms with E-state index in [1.165, 1.54) is 77.0 Å². The molecule has 4 aliphatic carbocycles. The summed E-state index contributed by atoms with van der Waals surface area (Å²) in [5.41, 5.74) is 0. The zero-order valence-electron chi connectivity index (χ0n) is 12.9. The van der Waals surface area contributed by atoms with Crippen LogP contribution in [0, 0.1) is 47.3 Å². The lowest BCUT2D eigenvalue weighted by Crippen LogP contribution is -2.37. The van der Waals surface area contributed by atoms with Crippen LogP contribution >= 0.6 is 0 Å². The molecule has 0 aromatic rings. The van der Waals surface area contributed by atoms with Crippen LogP contribution in [0.2, 0.25) is 0 Å². The molecule has 4 rings (SSSR count). The number of hydrogen-bond donors (Lipinski definition) is 0. The molecular formula is C20H30. The maximum Gasteiger partial charge on any atom is 0.0237 e. The van der Waals surface area contributed by atoms with Crippen LogP contribution < -0.4 is 0 Å². The van der Waals surface area contributed by atoms with E-state index < -0.39 is 0 Å². The maximum atomic E-state index is 3.77. The summed E-state index contributed by atoms with van der Waals surface area (Å²) >= 11 is 0. The summed E-state index contributed by atoms with van der Waals surface area (Å²) < 4.78 is 0. The van der Waals surface area contributed by atoms with Gasteiger partial charge in [0.25, 0.3) is 0 Å². The Balaban J connectivity index is 1.50. The van der Waals surface area contributed by atoms with Crippen LogP contribution in [0.5, 0.6) is 0 Å². The minimum atomic E-state index is 0.778. The monoisotopic (exact) mass is 270 g/mol. The smallest absolute Gasteiger partial charge is 0.0237 e. The van der Waals surface area contributed by atoms with Crippen molar-refractivity contribution in [3.8, 4) is 11.8 Å². The first-order valence-electron chi connectivity index (χ1n) is 9.43. The van der Waals surface area contributed by atoms with Crippen LogP contribution in [0.3, 0.4) is 0 Å². The van der Waals surface area contributed by atoms with Crippen LogP contribution in [0.4, 0.5) is 0 Å². The fraction of sp³-hybridized carbons (Fsp3) is 0.900. The third kappa shape index (κ3) is 2.43. The third-order valence-electron chi connectivity index (χ3n) is 7.07. The molecule has 0 heterocycles. The molecule has 6 unspecified atom stereocenters. The van der Waals surface area contributed by atoms with Gasteiger partial charge in [-0.2, -0.15) is 0 Å². The molecule has 110 valence electrons. The van der Waals surface area contributed by atoms with Gasteiger partial charge >= 0.3 is 0 Å². The summed E-state index contributed by atoms with van der Waals surface area (Å²) in [7, 11) is 0. The van der Waals surface area contributed by atoms with Gasteiger partial charge < -0.3 is 0 Å². The van der Waals surface area contributed by atoms with E-state index in [0.29, 0.717) is 0 Å². The van der Waals surface area contributed by atoms with E-state index in [1.807, 2.05) is 0 Å². The van der Waals surface area contributed by atoms with E-state index in [1.54, 1.807) is 0 Å². The summed E-state index contributed by atoms with van der Waals surface area (Å²) in [5.74, 6) is 13.1. The van der Waals surface area contributed by atoms with Crippen molar-refractivity contribution in [2.24, 2.45) is 35.5 Å². The van der Waals surface area contributed by atoms with Gasteiger partial charge in [0.2, 0.25) is 0 Å². The Bertz CT molecular complexity index is 396. The molecule has 0 amide bonds. The van der Waals surface area contributed by atoms with Crippen molar-refractivity contribution in [2.45, 2.75) is 77.0 Å². The van der Waals surface area contributed by atoms with Crippen molar-refractivity contribution >= 4 is 0 Å².